The van der Waals surface area contributed by atoms with E-state index in [9.17, 15) is 4.79 Å². The summed E-state index contributed by atoms with van der Waals surface area (Å²) >= 11 is 0. The Morgan fingerprint density at radius 2 is 1.96 bits per heavy atom. The number of aryl methyl sites for hydroxylation is 1. The molecule has 0 radical (unpaired) electrons. The lowest BCUT2D eigenvalue weighted by molar-refractivity contribution is -0.119. The van der Waals surface area contributed by atoms with Gasteiger partial charge >= 0.3 is 0 Å². The van der Waals surface area contributed by atoms with Crippen LogP contribution in [0.4, 0.5) is 0 Å². The van der Waals surface area contributed by atoms with Gasteiger partial charge in [0.25, 0.3) is 0 Å². The van der Waals surface area contributed by atoms with E-state index in [2.05, 4.69) is 44.6 Å². The fourth-order valence-corrected chi connectivity index (χ4v) is 5.85. The fraction of sp³-hybridized carbons (Fsp3) is 0.789. The molecule has 3 fully saturated rings. The summed E-state index contributed by atoms with van der Waals surface area (Å²) in [6.45, 7) is 11.7. The average Bonchev–Trinajstić information content (AvgIpc) is 3.12. The van der Waals surface area contributed by atoms with Gasteiger partial charge in [-0.3, -0.25) is 9.48 Å². The highest BCUT2D eigenvalue weighted by Gasteiger charge is 2.62. The second-order valence-corrected chi connectivity index (χ2v) is 8.81. The van der Waals surface area contributed by atoms with E-state index in [4.69, 9.17) is 5.10 Å². The predicted molar refractivity (Wildman–Crippen MR) is 90.1 cm³/mol. The predicted octanol–water partition coefficient (Wildman–Crippen LogP) is 3.84. The zero-order valence-electron chi connectivity index (χ0n) is 15.1. The van der Waals surface area contributed by atoms with Crippen LogP contribution in [-0.2, 0) is 4.79 Å². The first kappa shape index (κ1) is 15.2. The van der Waals surface area contributed by atoms with E-state index in [1.807, 2.05) is 0 Å². The number of hydrogen-bond donors (Lipinski definition) is 1. The van der Waals surface area contributed by atoms with Crippen molar-refractivity contribution in [2.24, 2.45) is 16.7 Å². The van der Waals surface area contributed by atoms with E-state index >= 15 is 0 Å². The number of amides is 1. The Morgan fingerprint density at radius 1 is 1.22 bits per heavy atom. The van der Waals surface area contributed by atoms with E-state index < -0.39 is 0 Å². The van der Waals surface area contributed by atoms with Crippen LogP contribution in [0.3, 0.4) is 0 Å². The number of nitrogens with zero attached hydrogens (tertiary/aromatic N) is 2. The summed E-state index contributed by atoms with van der Waals surface area (Å²) < 4.78 is 2.32. The fourth-order valence-electron chi connectivity index (χ4n) is 5.85. The number of rotatable bonds is 2. The molecular formula is C19H29N3O. The molecule has 1 N–H and O–H groups in total. The van der Waals surface area contributed by atoms with E-state index in [1.165, 1.54) is 30.5 Å². The molecule has 2 bridgehead atoms. The highest BCUT2D eigenvalue weighted by molar-refractivity contribution is 5.78. The Morgan fingerprint density at radius 3 is 2.48 bits per heavy atom. The van der Waals surface area contributed by atoms with Crippen molar-refractivity contribution in [2.45, 2.75) is 78.8 Å². The zero-order valence-corrected chi connectivity index (χ0v) is 15.1. The van der Waals surface area contributed by atoms with Crippen molar-refractivity contribution in [3.63, 3.8) is 0 Å². The second-order valence-electron chi connectivity index (χ2n) is 8.81. The first-order valence-corrected chi connectivity index (χ1v) is 9.10. The van der Waals surface area contributed by atoms with Gasteiger partial charge in [-0.15, -0.1) is 0 Å². The molecule has 4 rings (SSSR count). The third-order valence-electron chi connectivity index (χ3n) is 7.77. The number of carbonyl (C=O) groups excluding carboxylic acids is 1. The van der Waals surface area contributed by atoms with Crippen molar-refractivity contribution in [1.29, 1.82) is 0 Å². The van der Waals surface area contributed by atoms with E-state index in [-0.39, 0.29) is 11.9 Å². The summed E-state index contributed by atoms with van der Waals surface area (Å²) in [5, 5.41) is 8.08. The maximum absolute atomic E-state index is 11.6. The van der Waals surface area contributed by atoms with Gasteiger partial charge in [-0.25, -0.2) is 0 Å². The van der Waals surface area contributed by atoms with Gasteiger partial charge in [0.15, 0.2) is 0 Å². The molecule has 2 saturated carbocycles. The van der Waals surface area contributed by atoms with Crippen molar-refractivity contribution in [3.05, 3.63) is 17.0 Å². The quantitative estimate of drug-likeness (QED) is 0.901. The summed E-state index contributed by atoms with van der Waals surface area (Å²) in [7, 11) is 0. The minimum absolute atomic E-state index is 0.163. The van der Waals surface area contributed by atoms with Gasteiger partial charge in [-0.2, -0.15) is 5.10 Å². The molecule has 1 saturated heterocycles. The molecule has 0 spiro atoms. The molecule has 4 unspecified atom stereocenters. The molecule has 4 heteroatoms. The molecule has 23 heavy (non-hydrogen) atoms. The normalized spacial score (nSPS) is 38.3. The van der Waals surface area contributed by atoms with Crippen molar-refractivity contribution >= 4 is 5.91 Å². The monoisotopic (exact) mass is 315 g/mol. The lowest BCUT2D eigenvalue weighted by Crippen LogP contribution is -2.34. The topological polar surface area (TPSA) is 46.9 Å². The smallest absolute Gasteiger partial charge is 0.220 e. The molecule has 3 aliphatic rings. The SMILES string of the molecule is Cc1nn(C2CC3CCC2(C)C3(C)C)c(C)c1C1CCC(=O)N1. The van der Waals surface area contributed by atoms with Crippen molar-refractivity contribution < 1.29 is 4.79 Å². The van der Waals surface area contributed by atoms with Gasteiger partial charge in [0.1, 0.15) is 0 Å². The highest BCUT2D eigenvalue weighted by Crippen LogP contribution is 2.69. The molecule has 1 aliphatic heterocycles. The summed E-state index contributed by atoms with van der Waals surface area (Å²) in [5.74, 6) is 0.991. The number of hydrogen-bond acceptors (Lipinski definition) is 2. The van der Waals surface area contributed by atoms with Gasteiger partial charge < -0.3 is 5.32 Å². The standard InChI is InChI=1S/C19H29N3O/c1-11-17(14-6-7-16(23)20-14)12(2)22(21-11)15-10-13-8-9-19(15,5)18(13,3)4/h13-15H,6-10H2,1-5H3,(H,20,23). The Hall–Kier alpha value is -1.32. The van der Waals surface area contributed by atoms with Gasteiger partial charge in [-0.05, 0) is 56.3 Å². The van der Waals surface area contributed by atoms with Crippen molar-refractivity contribution in [3.8, 4) is 0 Å². The van der Waals surface area contributed by atoms with Crippen LogP contribution in [0.5, 0.6) is 0 Å². The lowest BCUT2D eigenvalue weighted by atomic mass is 9.69. The van der Waals surface area contributed by atoms with Crippen LogP contribution in [0, 0.1) is 30.6 Å². The maximum Gasteiger partial charge on any atom is 0.220 e. The molecule has 1 aromatic heterocycles. The van der Waals surface area contributed by atoms with Gasteiger partial charge in [-0.1, -0.05) is 20.8 Å². The van der Waals surface area contributed by atoms with Crippen LogP contribution < -0.4 is 5.32 Å². The minimum Gasteiger partial charge on any atom is -0.349 e. The summed E-state index contributed by atoms with van der Waals surface area (Å²) in [4.78, 5) is 11.6. The molecular weight excluding hydrogens is 286 g/mol. The number of aromatic nitrogens is 2. The molecule has 2 heterocycles. The Bertz CT molecular complexity index is 674. The molecule has 0 aromatic carbocycles. The highest BCUT2D eigenvalue weighted by atomic mass is 16.1. The largest absolute Gasteiger partial charge is 0.349 e. The third kappa shape index (κ3) is 1.84. The number of nitrogens with one attached hydrogen (secondary N) is 1. The third-order valence-corrected chi connectivity index (χ3v) is 7.77. The number of fused-ring (bicyclic) bond motifs is 2. The molecule has 126 valence electrons. The van der Waals surface area contributed by atoms with Crippen molar-refractivity contribution in [1.82, 2.24) is 15.1 Å². The van der Waals surface area contributed by atoms with Crippen LogP contribution in [-0.4, -0.2) is 15.7 Å². The van der Waals surface area contributed by atoms with E-state index in [0.29, 0.717) is 23.3 Å². The van der Waals surface area contributed by atoms with Gasteiger partial charge in [0.05, 0.1) is 17.8 Å². The van der Waals surface area contributed by atoms with Gasteiger partial charge in [0.2, 0.25) is 5.91 Å². The minimum atomic E-state index is 0.163. The molecule has 1 aromatic rings. The second kappa shape index (κ2) is 4.61. The van der Waals surface area contributed by atoms with Crippen molar-refractivity contribution in [2.75, 3.05) is 0 Å². The molecule has 1 amide bonds. The molecule has 4 nitrogen and oxygen atoms in total. The van der Waals surface area contributed by atoms with Crippen LogP contribution in [0.25, 0.3) is 0 Å². The lowest BCUT2D eigenvalue weighted by Gasteiger charge is -2.39. The Labute approximate surface area is 139 Å². The summed E-state index contributed by atoms with van der Waals surface area (Å²) in [5.41, 5.74) is 4.35. The first-order chi connectivity index (χ1) is 10.8. The summed E-state index contributed by atoms with van der Waals surface area (Å²) in [6.07, 6.45) is 5.48. The van der Waals surface area contributed by atoms with Crippen LogP contribution in [0.1, 0.15) is 81.9 Å². The van der Waals surface area contributed by atoms with E-state index in [1.54, 1.807) is 0 Å². The Balaban J connectivity index is 1.73. The molecule has 4 atom stereocenters. The van der Waals surface area contributed by atoms with Crippen LogP contribution >= 0.6 is 0 Å². The maximum atomic E-state index is 11.6. The summed E-state index contributed by atoms with van der Waals surface area (Å²) in [6, 6.07) is 0.663. The molecule has 2 aliphatic carbocycles. The Kier molecular flexibility index (Phi) is 3.05. The number of carbonyl (C=O) groups is 1. The van der Waals surface area contributed by atoms with Gasteiger partial charge in [0, 0.05) is 17.7 Å². The van der Waals surface area contributed by atoms with E-state index in [0.717, 1.165) is 18.0 Å². The zero-order chi connectivity index (χ0) is 16.6. The average molecular weight is 315 g/mol. The first-order valence-electron chi connectivity index (χ1n) is 9.10. The van der Waals surface area contributed by atoms with Crippen LogP contribution in [0.15, 0.2) is 0 Å². The van der Waals surface area contributed by atoms with Crippen LogP contribution in [0.2, 0.25) is 0 Å².